The van der Waals surface area contributed by atoms with Crippen molar-refractivity contribution in [1.29, 1.82) is 5.26 Å². The fourth-order valence-corrected chi connectivity index (χ4v) is 2.27. The van der Waals surface area contributed by atoms with Crippen LogP contribution in [0, 0.1) is 17.2 Å². The molecule has 1 saturated carbocycles. The molecule has 1 aromatic carbocycles. The quantitative estimate of drug-likeness (QED) is 0.863. The first-order valence-electron chi connectivity index (χ1n) is 6.06. The second-order valence-electron chi connectivity index (χ2n) is 4.51. The maximum atomic E-state index is 11.8. The number of benzene rings is 1. The van der Waals surface area contributed by atoms with E-state index in [2.05, 4.69) is 11.4 Å². The van der Waals surface area contributed by atoms with Gasteiger partial charge in [-0.15, -0.1) is 0 Å². The van der Waals surface area contributed by atoms with E-state index in [4.69, 9.17) is 5.26 Å². The summed E-state index contributed by atoms with van der Waals surface area (Å²) in [6, 6.07) is 9.45. The molecule has 1 amide bonds. The Balaban J connectivity index is 1.88. The summed E-state index contributed by atoms with van der Waals surface area (Å²) >= 11 is 0. The molecule has 2 rings (SSSR count). The minimum absolute atomic E-state index is 0.157. The molecule has 0 saturated heterocycles. The van der Waals surface area contributed by atoms with Crippen molar-refractivity contribution in [2.75, 3.05) is 0 Å². The second-order valence-corrected chi connectivity index (χ2v) is 4.51. The molecule has 3 nitrogen and oxygen atoms in total. The first-order chi connectivity index (χ1) is 8.29. The highest BCUT2D eigenvalue weighted by molar-refractivity contribution is 5.78. The van der Waals surface area contributed by atoms with E-state index in [0.717, 1.165) is 18.4 Å². The highest BCUT2D eigenvalue weighted by Gasteiger charge is 2.21. The molecule has 0 radical (unpaired) electrons. The van der Waals surface area contributed by atoms with Gasteiger partial charge >= 0.3 is 0 Å². The highest BCUT2D eigenvalue weighted by Crippen LogP contribution is 2.24. The van der Waals surface area contributed by atoms with Gasteiger partial charge in [0.05, 0.1) is 11.6 Å². The maximum Gasteiger partial charge on any atom is 0.223 e. The van der Waals surface area contributed by atoms with Crippen molar-refractivity contribution in [3.8, 4) is 6.07 Å². The number of hydrogen-bond donors (Lipinski definition) is 1. The second kappa shape index (κ2) is 5.49. The number of nitrogens with one attached hydrogen (secondary N) is 1. The first kappa shape index (κ1) is 11.7. The van der Waals surface area contributed by atoms with Crippen LogP contribution in [0.5, 0.6) is 0 Å². The summed E-state index contributed by atoms with van der Waals surface area (Å²) in [4.78, 5) is 11.8. The zero-order chi connectivity index (χ0) is 12.1. The predicted molar refractivity (Wildman–Crippen MR) is 65.0 cm³/mol. The molecular weight excluding hydrogens is 212 g/mol. The Kier molecular flexibility index (Phi) is 3.77. The van der Waals surface area contributed by atoms with Gasteiger partial charge in [0.2, 0.25) is 5.91 Å². The molecule has 1 fully saturated rings. The van der Waals surface area contributed by atoms with E-state index in [1.807, 2.05) is 18.2 Å². The summed E-state index contributed by atoms with van der Waals surface area (Å²) in [6.45, 7) is 0.519. The number of rotatable bonds is 3. The van der Waals surface area contributed by atoms with Crippen molar-refractivity contribution in [2.45, 2.75) is 32.2 Å². The standard InChI is InChI=1S/C14H16N2O/c15-9-11-4-3-5-12(8-11)10-16-14(17)13-6-1-2-7-13/h3-5,8,13H,1-2,6-7,10H2,(H,16,17). The molecule has 1 aliphatic carbocycles. The monoisotopic (exact) mass is 228 g/mol. The number of nitriles is 1. The lowest BCUT2D eigenvalue weighted by Gasteiger charge is -2.10. The normalized spacial score (nSPS) is 15.5. The van der Waals surface area contributed by atoms with Gasteiger partial charge in [-0.05, 0) is 30.5 Å². The van der Waals surface area contributed by atoms with Gasteiger partial charge in [0.1, 0.15) is 0 Å². The molecule has 1 aromatic rings. The van der Waals surface area contributed by atoms with Crippen LogP contribution in [0.1, 0.15) is 36.8 Å². The Morgan fingerprint density at radius 1 is 1.41 bits per heavy atom. The molecule has 1 N–H and O–H groups in total. The van der Waals surface area contributed by atoms with E-state index in [-0.39, 0.29) is 11.8 Å². The van der Waals surface area contributed by atoms with Crippen LogP contribution in [0.4, 0.5) is 0 Å². The fraction of sp³-hybridized carbons (Fsp3) is 0.429. The number of hydrogen-bond acceptors (Lipinski definition) is 2. The predicted octanol–water partition coefficient (Wildman–Crippen LogP) is 2.36. The topological polar surface area (TPSA) is 52.9 Å². The van der Waals surface area contributed by atoms with Crippen LogP contribution >= 0.6 is 0 Å². The smallest absolute Gasteiger partial charge is 0.223 e. The van der Waals surface area contributed by atoms with E-state index in [0.29, 0.717) is 12.1 Å². The Labute approximate surface area is 101 Å². The Bertz CT molecular complexity index is 442. The fourth-order valence-electron chi connectivity index (χ4n) is 2.27. The third kappa shape index (κ3) is 3.07. The average molecular weight is 228 g/mol. The summed E-state index contributed by atoms with van der Waals surface area (Å²) in [5.74, 6) is 0.360. The molecule has 1 aliphatic rings. The van der Waals surface area contributed by atoms with Crippen LogP contribution in [0.25, 0.3) is 0 Å². The third-order valence-electron chi connectivity index (χ3n) is 3.25. The summed E-state index contributed by atoms with van der Waals surface area (Å²) in [5.41, 5.74) is 1.62. The molecule has 0 aromatic heterocycles. The Morgan fingerprint density at radius 3 is 2.88 bits per heavy atom. The van der Waals surface area contributed by atoms with E-state index >= 15 is 0 Å². The van der Waals surface area contributed by atoms with Gasteiger partial charge in [0.15, 0.2) is 0 Å². The van der Waals surface area contributed by atoms with Crippen LogP contribution in [0.3, 0.4) is 0 Å². The minimum atomic E-state index is 0.157. The third-order valence-corrected chi connectivity index (χ3v) is 3.25. The van der Waals surface area contributed by atoms with Gasteiger partial charge in [-0.25, -0.2) is 0 Å². The van der Waals surface area contributed by atoms with Crippen molar-refractivity contribution < 1.29 is 4.79 Å². The Morgan fingerprint density at radius 2 is 2.18 bits per heavy atom. The number of carbonyl (C=O) groups excluding carboxylic acids is 1. The van der Waals surface area contributed by atoms with Crippen LogP contribution in [-0.4, -0.2) is 5.91 Å². The highest BCUT2D eigenvalue weighted by atomic mass is 16.1. The first-order valence-corrected chi connectivity index (χ1v) is 6.06. The van der Waals surface area contributed by atoms with Crippen molar-refractivity contribution in [2.24, 2.45) is 5.92 Å². The van der Waals surface area contributed by atoms with Gasteiger partial charge in [-0.3, -0.25) is 4.79 Å². The van der Waals surface area contributed by atoms with Crippen molar-refractivity contribution in [3.63, 3.8) is 0 Å². The minimum Gasteiger partial charge on any atom is -0.352 e. The van der Waals surface area contributed by atoms with Crippen molar-refractivity contribution in [3.05, 3.63) is 35.4 Å². The lowest BCUT2D eigenvalue weighted by molar-refractivity contribution is -0.124. The largest absolute Gasteiger partial charge is 0.352 e. The molecule has 0 aliphatic heterocycles. The van der Waals surface area contributed by atoms with Crippen LogP contribution < -0.4 is 5.32 Å². The van der Waals surface area contributed by atoms with Gasteiger partial charge in [-0.1, -0.05) is 25.0 Å². The zero-order valence-electron chi connectivity index (χ0n) is 9.78. The lowest BCUT2D eigenvalue weighted by Crippen LogP contribution is -2.28. The lowest BCUT2D eigenvalue weighted by atomic mass is 10.1. The van der Waals surface area contributed by atoms with Gasteiger partial charge < -0.3 is 5.32 Å². The molecular formula is C14H16N2O. The molecule has 0 bridgehead atoms. The van der Waals surface area contributed by atoms with Crippen LogP contribution in [0.2, 0.25) is 0 Å². The number of carbonyl (C=O) groups is 1. The summed E-state index contributed by atoms with van der Waals surface area (Å²) in [6.07, 6.45) is 4.37. The molecule has 17 heavy (non-hydrogen) atoms. The molecule has 88 valence electrons. The molecule has 0 atom stereocenters. The van der Waals surface area contributed by atoms with E-state index in [1.54, 1.807) is 6.07 Å². The van der Waals surface area contributed by atoms with Crippen molar-refractivity contribution >= 4 is 5.91 Å². The summed E-state index contributed by atoms with van der Waals surface area (Å²) in [7, 11) is 0. The molecule has 0 spiro atoms. The number of nitrogens with zero attached hydrogens (tertiary/aromatic N) is 1. The van der Waals surface area contributed by atoms with Crippen LogP contribution in [0.15, 0.2) is 24.3 Å². The molecule has 0 heterocycles. The van der Waals surface area contributed by atoms with Gasteiger partial charge in [0.25, 0.3) is 0 Å². The maximum absolute atomic E-state index is 11.8. The Hall–Kier alpha value is -1.82. The van der Waals surface area contributed by atoms with Gasteiger partial charge in [0, 0.05) is 12.5 Å². The summed E-state index contributed by atoms with van der Waals surface area (Å²) in [5, 5.41) is 11.7. The average Bonchev–Trinajstić information content (AvgIpc) is 2.90. The summed E-state index contributed by atoms with van der Waals surface area (Å²) < 4.78 is 0. The van der Waals surface area contributed by atoms with Crippen molar-refractivity contribution in [1.82, 2.24) is 5.32 Å². The zero-order valence-corrected chi connectivity index (χ0v) is 9.78. The van der Waals surface area contributed by atoms with E-state index in [1.165, 1.54) is 12.8 Å². The molecule has 3 heteroatoms. The van der Waals surface area contributed by atoms with Crippen LogP contribution in [-0.2, 0) is 11.3 Å². The van der Waals surface area contributed by atoms with E-state index in [9.17, 15) is 4.79 Å². The number of amides is 1. The van der Waals surface area contributed by atoms with E-state index < -0.39 is 0 Å². The molecule has 0 unspecified atom stereocenters. The SMILES string of the molecule is N#Cc1cccc(CNC(=O)C2CCCC2)c1. The van der Waals surface area contributed by atoms with Gasteiger partial charge in [-0.2, -0.15) is 5.26 Å².